The molecule has 0 aliphatic heterocycles. The monoisotopic (exact) mass is 490 g/mol. The van der Waals surface area contributed by atoms with Gasteiger partial charge in [-0.25, -0.2) is 9.78 Å². The van der Waals surface area contributed by atoms with Gasteiger partial charge in [-0.15, -0.1) is 0 Å². The van der Waals surface area contributed by atoms with Crippen molar-refractivity contribution in [3.05, 3.63) is 11.8 Å². The highest BCUT2D eigenvalue weighted by Crippen LogP contribution is 2.43. The zero-order valence-corrected chi connectivity index (χ0v) is 22.9. The number of nitrogens with one attached hydrogen (secondary N) is 2. The van der Waals surface area contributed by atoms with Crippen LogP contribution in [0.1, 0.15) is 92.6 Å². The molecule has 1 aromatic rings. The van der Waals surface area contributed by atoms with E-state index in [1.54, 1.807) is 27.8 Å². The maximum absolute atomic E-state index is 12.6. The Labute approximate surface area is 211 Å². The summed E-state index contributed by atoms with van der Waals surface area (Å²) in [7, 11) is 1.58. The van der Waals surface area contributed by atoms with Crippen LogP contribution in [0.3, 0.4) is 0 Å². The van der Waals surface area contributed by atoms with Crippen LogP contribution >= 0.6 is 0 Å². The summed E-state index contributed by atoms with van der Waals surface area (Å²) in [6.07, 6.45) is 7.55. The summed E-state index contributed by atoms with van der Waals surface area (Å²) in [5.41, 5.74) is 6.17. The molecule has 9 heteroatoms. The lowest BCUT2D eigenvalue weighted by Crippen LogP contribution is -2.47. The molecule has 2 aliphatic rings. The third kappa shape index (κ3) is 8.54. The van der Waals surface area contributed by atoms with Gasteiger partial charge >= 0.3 is 6.09 Å². The average Bonchev–Trinajstić information content (AvgIpc) is 3.58. The van der Waals surface area contributed by atoms with Gasteiger partial charge in [-0.05, 0) is 64.2 Å². The van der Waals surface area contributed by atoms with Gasteiger partial charge in [-0.1, -0.05) is 34.1 Å². The maximum atomic E-state index is 12.6. The minimum atomic E-state index is -0.594. The number of amides is 2. The molecule has 0 aromatic carbocycles. The fraction of sp³-hybridized carbons (Fsp3) is 0.769. The van der Waals surface area contributed by atoms with Gasteiger partial charge in [0, 0.05) is 30.9 Å². The fourth-order valence-electron chi connectivity index (χ4n) is 4.49. The number of carbonyl (C=O) groups excluding carboxylic acids is 2. The first kappa shape index (κ1) is 28.7. The van der Waals surface area contributed by atoms with Crippen LogP contribution in [0, 0.1) is 5.92 Å². The highest BCUT2D eigenvalue weighted by atomic mass is 16.6. The molecule has 2 atom stereocenters. The Morgan fingerprint density at radius 2 is 1.77 bits per heavy atom. The van der Waals surface area contributed by atoms with E-state index in [4.69, 9.17) is 10.5 Å². The van der Waals surface area contributed by atoms with Gasteiger partial charge in [0.15, 0.2) is 0 Å². The number of nitrogen functional groups attached to an aromatic ring is 1. The quantitative estimate of drug-likeness (QED) is 0.515. The highest BCUT2D eigenvalue weighted by molar-refractivity contribution is 5.82. The van der Waals surface area contributed by atoms with Crippen LogP contribution < -0.4 is 16.4 Å². The van der Waals surface area contributed by atoms with Gasteiger partial charge in [0.05, 0.1) is 0 Å². The molecule has 9 nitrogen and oxygen atoms in total. The van der Waals surface area contributed by atoms with Crippen LogP contribution in [0.4, 0.5) is 16.6 Å². The SMILES string of the molecule is CC.CN(CC(=O)N[C@H]1CCC[C@@H](C(C)(C)c2cnc(N)nc2NC2CC2)C1)C(=O)OC(C)(C)C. The minimum absolute atomic E-state index is 0.0271. The number of rotatable bonds is 7. The molecular formula is C26H46N6O3. The van der Waals surface area contributed by atoms with Crippen LogP contribution in [0.25, 0.3) is 0 Å². The van der Waals surface area contributed by atoms with Crippen molar-refractivity contribution < 1.29 is 14.3 Å². The van der Waals surface area contributed by atoms with Gasteiger partial charge in [0.25, 0.3) is 0 Å². The molecule has 2 amide bonds. The number of hydrogen-bond donors (Lipinski definition) is 3. The smallest absolute Gasteiger partial charge is 0.410 e. The second-order valence-corrected chi connectivity index (χ2v) is 11.1. The topological polar surface area (TPSA) is 122 Å². The summed E-state index contributed by atoms with van der Waals surface area (Å²) in [6.45, 7) is 13.8. The molecule has 35 heavy (non-hydrogen) atoms. The molecule has 2 saturated carbocycles. The lowest BCUT2D eigenvalue weighted by atomic mass is 9.66. The predicted molar refractivity (Wildman–Crippen MR) is 140 cm³/mol. The number of anilines is 2. The van der Waals surface area contributed by atoms with Crippen LogP contribution in [-0.4, -0.2) is 58.1 Å². The third-order valence-corrected chi connectivity index (χ3v) is 6.57. The van der Waals surface area contributed by atoms with Gasteiger partial charge in [-0.3, -0.25) is 4.79 Å². The summed E-state index contributed by atoms with van der Waals surface area (Å²) in [5.74, 6) is 1.30. The van der Waals surface area contributed by atoms with E-state index in [1.165, 1.54) is 4.90 Å². The molecular weight excluding hydrogens is 444 g/mol. The van der Waals surface area contributed by atoms with Crippen molar-refractivity contribution in [2.75, 3.05) is 24.6 Å². The predicted octanol–water partition coefficient (Wildman–Crippen LogP) is 4.48. The van der Waals surface area contributed by atoms with Crippen molar-refractivity contribution in [3.63, 3.8) is 0 Å². The standard InChI is InChI=1S/C24H40N6O3.C2H6/c1-23(2,3)33-22(32)30(6)14-19(31)27-17-9-7-8-15(12-17)24(4,5)18-13-26-21(25)29-20(18)28-16-10-11-16;1-2/h13,15-17H,7-12,14H2,1-6H3,(H,27,31)(H3,25,26,28,29);1-2H3/t15-,17+;/m1./s1. The molecule has 0 bridgehead atoms. The molecule has 2 fully saturated rings. The zero-order valence-electron chi connectivity index (χ0n) is 22.9. The highest BCUT2D eigenvalue weighted by Gasteiger charge is 2.38. The summed E-state index contributed by atoms with van der Waals surface area (Å²) in [6, 6.07) is 0.534. The van der Waals surface area contributed by atoms with Crippen LogP contribution in [0.15, 0.2) is 6.20 Å². The Morgan fingerprint density at radius 3 is 2.37 bits per heavy atom. The van der Waals surface area contributed by atoms with Crippen molar-refractivity contribution >= 4 is 23.8 Å². The van der Waals surface area contributed by atoms with E-state index in [-0.39, 0.29) is 29.9 Å². The molecule has 3 rings (SSSR count). The number of ether oxygens (including phenoxy) is 1. The second kappa shape index (κ2) is 11.9. The lowest BCUT2D eigenvalue weighted by Gasteiger charge is -2.41. The van der Waals surface area contributed by atoms with E-state index in [1.807, 2.05) is 20.0 Å². The first-order chi connectivity index (χ1) is 16.3. The average molecular weight is 491 g/mol. The largest absolute Gasteiger partial charge is 0.444 e. The number of nitrogens with zero attached hydrogens (tertiary/aromatic N) is 3. The Bertz CT molecular complexity index is 863. The van der Waals surface area contributed by atoms with E-state index in [0.29, 0.717) is 12.0 Å². The zero-order chi connectivity index (χ0) is 26.4. The number of carbonyl (C=O) groups is 2. The molecule has 0 saturated heterocycles. The van der Waals surface area contributed by atoms with Crippen molar-refractivity contribution in [1.29, 1.82) is 0 Å². The second-order valence-electron chi connectivity index (χ2n) is 11.1. The molecule has 0 radical (unpaired) electrons. The maximum Gasteiger partial charge on any atom is 0.410 e. The third-order valence-electron chi connectivity index (χ3n) is 6.57. The Hall–Kier alpha value is -2.58. The van der Waals surface area contributed by atoms with E-state index < -0.39 is 11.7 Å². The van der Waals surface area contributed by atoms with Gasteiger partial charge < -0.3 is 26.0 Å². The van der Waals surface area contributed by atoms with Gasteiger partial charge in [0.1, 0.15) is 18.0 Å². The normalized spacial score (nSPS) is 20.2. The lowest BCUT2D eigenvalue weighted by molar-refractivity contribution is -0.123. The number of aromatic nitrogens is 2. The number of likely N-dealkylation sites (N-methyl/N-ethyl adjacent to an activating group) is 1. The van der Waals surface area contributed by atoms with Crippen LogP contribution in [0.2, 0.25) is 0 Å². The summed E-state index contributed by atoms with van der Waals surface area (Å²) < 4.78 is 5.33. The first-order valence-electron chi connectivity index (χ1n) is 13.0. The molecule has 0 spiro atoms. The Balaban J connectivity index is 0.00000210. The van der Waals surface area contributed by atoms with Gasteiger partial charge in [-0.2, -0.15) is 4.98 Å². The molecule has 1 aromatic heterocycles. The van der Waals surface area contributed by atoms with Crippen molar-refractivity contribution in [3.8, 4) is 0 Å². The molecule has 198 valence electrons. The van der Waals surface area contributed by atoms with E-state index in [2.05, 4.69) is 34.4 Å². The van der Waals surface area contributed by atoms with Gasteiger partial charge in [0.2, 0.25) is 11.9 Å². The molecule has 4 N–H and O–H groups in total. The van der Waals surface area contributed by atoms with Crippen molar-refractivity contribution in [1.82, 2.24) is 20.2 Å². The molecule has 0 unspecified atom stereocenters. The molecule has 2 aliphatic carbocycles. The fourth-order valence-corrected chi connectivity index (χ4v) is 4.49. The number of nitrogens with two attached hydrogens (primary N) is 1. The summed E-state index contributed by atoms with van der Waals surface area (Å²) in [5, 5.41) is 6.64. The molecule has 1 heterocycles. The van der Waals surface area contributed by atoms with Crippen molar-refractivity contribution in [2.24, 2.45) is 5.92 Å². The van der Waals surface area contributed by atoms with Crippen LogP contribution in [-0.2, 0) is 14.9 Å². The first-order valence-corrected chi connectivity index (χ1v) is 13.0. The minimum Gasteiger partial charge on any atom is -0.444 e. The Kier molecular flexibility index (Phi) is 9.75. The summed E-state index contributed by atoms with van der Waals surface area (Å²) >= 11 is 0. The van der Waals surface area contributed by atoms with E-state index in [0.717, 1.165) is 49.9 Å². The van der Waals surface area contributed by atoms with Crippen LogP contribution in [0.5, 0.6) is 0 Å². The Morgan fingerprint density at radius 1 is 1.11 bits per heavy atom. The number of hydrogen-bond acceptors (Lipinski definition) is 7. The summed E-state index contributed by atoms with van der Waals surface area (Å²) in [4.78, 5) is 34.9. The van der Waals surface area contributed by atoms with E-state index >= 15 is 0 Å². The van der Waals surface area contributed by atoms with E-state index in [9.17, 15) is 9.59 Å². The van der Waals surface area contributed by atoms with Crippen molar-refractivity contribution in [2.45, 2.75) is 110 Å².